The maximum atomic E-state index is 12.5. The van der Waals surface area contributed by atoms with Crippen LogP contribution in [0.5, 0.6) is 0 Å². The zero-order valence-electron chi connectivity index (χ0n) is 16.1. The lowest BCUT2D eigenvalue weighted by Gasteiger charge is -2.59. The summed E-state index contributed by atoms with van der Waals surface area (Å²) in [7, 11) is 0. The van der Waals surface area contributed by atoms with Gasteiger partial charge in [-0.3, -0.25) is 9.59 Å². The molecular formula is C23H30O4. The van der Waals surface area contributed by atoms with Crippen molar-refractivity contribution in [3.05, 3.63) is 30.0 Å². The lowest BCUT2D eigenvalue weighted by atomic mass is 9.46. The monoisotopic (exact) mass is 370 g/mol. The molecule has 27 heavy (non-hydrogen) atoms. The van der Waals surface area contributed by atoms with Crippen molar-refractivity contribution in [2.24, 2.45) is 34.5 Å². The number of ketones is 2. The summed E-state index contributed by atoms with van der Waals surface area (Å²) in [6.45, 7) is 5.54. The summed E-state index contributed by atoms with van der Waals surface area (Å²) in [6, 6.07) is 0. The van der Waals surface area contributed by atoms with Crippen LogP contribution >= 0.6 is 0 Å². The van der Waals surface area contributed by atoms with Crippen LogP contribution in [0.3, 0.4) is 0 Å². The Balaban J connectivity index is 1.73. The summed E-state index contributed by atoms with van der Waals surface area (Å²) in [6.07, 6.45) is 8.84. The highest BCUT2D eigenvalue weighted by Crippen LogP contribution is 2.67. The molecule has 0 radical (unpaired) electrons. The lowest BCUT2D eigenvalue weighted by Crippen LogP contribution is -2.55. The SMILES string of the molecule is C=C=C[C@]12CC[C@H]3[C@@H](CCC4=CC(=O)C[C@@H](O)[C@@]43C)[C@@H]1CC[C@@H]2C(=O)CO. The minimum atomic E-state index is -0.614. The third-order valence-electron chi connectivity index (χ3n) is 8.57. The van der Waals surface area contributed by atoms with E-state index in [-0.39, 0.29) is 34.7 Å². The molecule has 3 fully saturated rings. The van der Waals surface area contributed by atoms with Crippen LogP contribution in [0.1, 0.15) is 51.9 Å². The largest absolute Gasteiger partial charge is 0.392 e. The van der Waals surface area contributed by atoms with Crippen molar-refractivity contribution >= 4 is 11.6 Å². The van der Waals surface area contributed by atoms with Crippen molar-refractivity contribution in [2.45, 2.75) is 58.0 Å². The lowest BCUT2D eigenvalue weighted by molar-refractivity contribution is -0.135. The minimum Gasteiger partial charge on any atom is -0.392 e. The highest BCUT2D eigenvalue weighted by atomic mass is 16.3. The molecule has 4 aliphatic carbocycles. The topological polar surface area (TPSA) is 74.6 Å². The molecule has 0 aliphatic heterocycles. The molecule has 0 amide bonds. The molecule has 7 atom stereocenters. The van der Waals surface area contributed by atoms with Crippen LogP contribution < -0.4 is 0 Å². The van der Waals surface area contributed by atoms with Gasteiger partial charge in [0.15, 0.2) is 11.6 Å². The predicted octanol–water partition coefficient (Wildman–Crippen LogP) is 2.99. The summed E-state index contributed by atoms with van der Waals surface area (Å²) < 4.78 is 0. The average molecular weight is 370 g/mol. The first-order chi connectivity index (χ1) is 12.9. The summed E-state index contributed by atoms with van der Waals surface area (Å²) in [4.78, 5) is 24.5. The van der Waals surface area contributed by atoms with Crippen molar-refractivity contribution < 1.29 is 19.8 Å². The Morgan fingerprint density at radius 1 is 1.33 bits per heavy atom. The summed E-state index contributed by atoms with van der Waals surface area (Å²) in [5, 5.41) is 20.4. The van der Waals surface area contributed by atoms with Gasteiger partial charge in [0.1, 0.15) is 6.61 Å². The van der Waals surface area contributed by atoms with Gasteiger partial charge in [0, 0.05) is 23.2 Å². The number of rotatable bonds is 3. The van der Waals surface area contributed by atoms with Crippen molar-refractivity contribution in [3.8, 4) is 0 Å². The van der Waals surface area contributed by atoms with Crippen molar-refractivity contribution in [1.82, 2.24) is 0 Å². The molecule has 3 saturated carbocycles. The van der Waals surface area contributed by atoms with E-state index in [0.717, 1.165) is 44.1 Å². The number of hydrogen-bond acceptors (Lipinski definition) is 4. The molecule has 0 aromatic rings. The van der Waals surface area contributed by atoms with Gasteiger partial charge in [-0.15, -0.1) is 5.73 Å². The van der Waals surface area contributed by atoms with Crippen LogP contribution in [0.4, 0.5) is 0 Å². The quantitative estimate of drug-likeness (QED) is 0.749. The number of allylic oxidation sites excluding steroid dienone is 1. The van der Waals surface area contributed by atoms with E-state index in [1.807, 2.05) is 6.08 Å². The molecule has 0 unspecified atom stereocenters. The minimum absolute atomic E-state index is 0.0441. The Morgan fingerprint density at radius 2 is 2.11 bits per heavy atom. The van der Waals surface area contributed by atoms with Crippen LogP contribution in [0.2, 0.25) is 0 Å². The van der Waals surface area contributed by atoms with E-state index in [1.54, 1.807) is 6.08 Å². The first-order valence-corrected chi connectivity index (χ1v) is 10.3. The molecule has 4 heteroatoms. The number of aliphatic hydroxyl groups excluding tert-OH is 2. The molecule has 0 aromatic heterocycles. The van der Waals surface area contributed by atoms with Crippen LogP contribution in [-0.4, -0.2) is 34.5 Å². The van der Waals surface area contributed by atoms with Gasteiger partial charge in [0.2, 0.25) is 0 Å². The fourth-order valence-corrected chi connectivity index (χ4v) is 7.38. The Morgan fingerprint density at radius 3 is 2.81 bits per heavy atom. The fraction of sp³-hybridized carbons (Fsp3) is 0.696. The van der Waals surface area contributed by atoms with Gasteiger partial charge in [-0.1, -0.05) is 19.1 Å². The first kappa shape index (κ1) is 18.9. The molecule has 0 spiro atoms. The smallest absolute Gasteiger partial charge is 0.162 e. The standard InChI is InChI=1S/C23H30O4/c1-3-9-23-10-8-17-16(18(23)6-7-19(23)20(26)13-24)5-4-14-11-15(25)12-21(27)22(14,17)2/h9,11,16-19,21,24,27H,1,4-8,10,12-13H2,2H3/t16-,17+,18+,19-,21-,22+,23+/m1/s1. The van der Waals surface area contributed by atoms with Crippen molar-refractivity contribution in [2.75, 3.05) is 6.61 Å². The van der Waals surface area contributed by atoms with E-state index >= 15 is 0 Å². The molecule has 146 valence electrons. The van der Waals surface area contributed by atoms with Crippen LogP contribution in [0.25, 0.3) is 0 Å². The number of Topliss-reactive ketones (excluding diaryl/α,β-unsaturated/α-hetero) is 1. The normalized spacial score (nSPS) is 45.8. The fourth-order valence-electron chi connectivity index (χ4n) is 7.38. The van der Waals surface area contributed by atoms with E-state index in [2.05, 4.69) is 19.2 Å². The molecule has 0 saturated heterocycles. The van der Waals surface area contributed by atoms with Gasteiger partial charge in [-0.2, -0.15) is 0 Å². The number of aliphatic hydroxyl groups is 2. The van der Waals surface area contributed by atoms with Gasteiger partial charge >= 0.3 is 0 Å². The van der Waals surface area contributed by atoms with E-state index in [9.17, 15) is 19.8 Å². The number of carbonyl (C=O) groups excluding carboxylic acids is 2. The Bertz CT molecular complexity index is 745. The average Bonchev–Trinajstić information content (AvgIpc) is 3.02. The highest BCUT2D eigenvalue weighted by Gasteiger charge is 2.62. The zero-order chi connectivity index (χ0) is 19.4. The summed E-state index contributed by atoms with van der Waals surface area (Å²) in [5.74, 6) is 0.945. The van der Waals surface area contributed by atoms with Crippen molar-refractivity contribution in [3.63, 3.8) is 0 Å². The molecule has 0 aromatic carbocycles. The number of carbonyl (C=O) groups is 2. The summed E-state index contributed by atoms with van der Waals surface area (Å²) in [5.41, 5.74) is 3.51. The van der Waals surface area contributed by atoms with Gasteiger partial charge in [0.05, 0.1) is 6.10 Å². The van der Waals surface area contributed by atoms with Gasteiger partial charge < -0.3 is 10.2 Å². The van der Waals surface area contributed by atoms with E-state index in [4.69, 9.17) is 0 Å². The Kier molecular flexibility index (Phi) is 4.57. The summed E-state index contributed by atoms with van der Waals surface area (Å²) >= 11 is 0. The second-order valence-corrected chi connectivity index (χ2v) is 9.31. The molecule has 4 nitrogen and oxygen atoms in total. The zero-order valence-corrected chi connectivity index (χ0v) is 16.1. The molecule has 4 aliphatic rings. The maximum absolute atomic E-state index is 12.5. The maximum Gasteiger partial charge on any atom is 0.162 e. The van der Waals surface area contributed by atoms with Crippen LogP contribution in [-0.2, 0) is 9.59 Å². The van der Waals surface area contributed by atoms with Gasteiger partial charge in [-0.05, 0) is 68.4 Å². The first-order valence-electron chi connectivity index (χ1n) is 10.3. The van der Waals surface area contributed by atoms with Crippen LogP contribution in [0, 0.1) is 34.5 Å². The van der Waals surface area contributed by atoms with E-state index in [1.165, 1.54) is 0 Å². The van der Waals surface area contributed by atoms with Gasteiger partial charge in [0.25, 0.3) is 0 Å². The number of hydrogen-bond donors (Lipinski definition) is 2. The van der Waals surface area contributed by atoms with Crippen LogP contribution in [0.15, 0.2) is 30.0 Å². The predicted molar refractivity (Wildman–Crippen MR) is 102 cm³/mol. The number of fused-ring (bicyclic) bond motifs is 5. The Hall–Kier alpha value is -1.48. The molecule has 2 N–H and O–H groups in total. The third-order valence-corrected chi connectivity index (χ3v) is 8.57. The third kappa shape index (κ3) is 2.50. The van der Waals surface area contributed by atoms with E-state index in [0.29, 0.717) is 17.8 Å². The van der Waals surface area contributed by atoms with Gasteiger partial charge in [-0.25, -0.2) is 0 Å². The molecule has 0 heterocycles. The second kappa shape index (κ2) is 6.55. The second-order valence-electron chi connectivity index (χ2n) is 9.31. The Labute approximate surface area is 161 Å². The molecular weight excluding hydrogens is 340 g/mol. The van der Waals surface area contributed by atoms with Crippen molar-refractivity contribution in [1.29, 1.82) is 0 Å². The molecule has 4 rings (SSSR count). The van der Waals surface area contributed by atoms with E-state index < -0.39 is 12.7 Å². The molecule has 0 bridgehead atoms. The highest BCUT2D eigenvalue weighted by molar-refractivity contribution is 5.92.